The number of fused-ring (bicyclic) bond motifs is 14. The van der Waals surface area contributed by atoms with E-state index in [2.05, 4.69) is 216 Å². The number of rotatable bonds is 4. The summed E-state index contributed by atoms with van der Waals surface area (Å²) in [5.74, 6) is 0. The van der Waals surface area contributed by atoms with Crippen LogP contribution >= 0.6 is 0 Å². The first-order valence-corrected chi connectivity index (χ1v) is 19.1. The molecule has 0 N–H and O–H groups in total. The van der Waals surface area contributed by atoms with Crippen LogP contribution in [0.3, 0.4) is 0 Å². The van der Waals surface area contributed by atoms with Gasteiger partial charge in [0.1, 0.15) is 0 Å². The zero-order valence-corrected chi connectivity index (χ0v) is 30.0. The fourth-order valence-electron chi connectivity index (χ4n) is 9.93. The number of anilines is 3. The third-order valence-electron chi connectivity index (χ3n) is 12.1. The lowest BCUT2D eigenvalue weighted by atomic mass is 9.70. The second kappa shape index (κ2) is 11.4. The monoisotopic (exact) mass is 698 g/mol. The molecule has 1 aromatic heterocycles. The molecule has 0 fully saturated rings. The molecule has 0 bridgehead atoms. The van der Waals surface area contributed by atoms with E-state index in [1.54, 1.807) is 0 Å². The SMILES string of the molecule is c1ccc(N(c2ccc3c(c2)C2(c4ccccc4-3)c3ccccc3-c3cc4ccccc4cc32)c2ccc3c(c2)c2ccccc2n3-c2ccccc2)cc1. The molecule has 256 valence electrons. The number of benzene rings is 9. The normalized spacial score (nSPS) is 15.0. The Morgan fingerprint density at radius 1 is 0.327 bits per heavy atom. The molecule has 1 atom stereocenters. The molecule has 2 aliphatic rings. The standard InChI is InChI=1S/C53H34N2/c1-3-17-37(18-4-1)54(39-28-30-52-46(33-39)44-23-11-14-26-51(44)55(52)38-19-5-2-6-20-38)40-27-29-43-41-21-9-12-24-47(41)53(50(43)34-40)48-25-13-10-22-42(48)45-31-35-15-7-8-16-36(35)32-49(45)53/h1-34H. The van der Waals surface area contributed by atoms with Crippen LogP contribution in [-0.4, -0.2) is 4.57 Å². The lowest BCUT2D eigenvalue weighted by Gasteiger charge is -2.32. The minimum atomic E-state index is -0.451. The summed E-state index contributed by atoms with van der Waals surface area (Å²) in [6.45, 7) is 0. The minimum absolute atomic E-state index is 0.451. The predicted octanol–water partition coefficient (Wildman–Crippen LogP) is 13.8. The number of hydrogen-bond acceptors (Lipinski definition) is 1. The zero-order valence-electron chi connectivity index (χ0n) is 30.0. The van der Waals surface area contributed by atoms with Crippen LogP contribution in [0.5, 0.6) is 0 Å². The van der Waals surface area contributed by atoms with Crippen molar-refractivity contribution in [2.75, 3.05) is 4.90 Å². The Hall–Kier alpha value is -7.16. The fraction of sp³-hybridized carbons (Fsp3) is 0.0189. The van der Waals surface area contributed by atoms with Crippen LogP contribution in [0.1, 0.15) is 22.3 Å². The largest absolute Gasteiger partial charge is 0.310 e. The number of nitrogens with zero attached hydrogens (tertiary/aromatic N) is 2. The molecule has 9 aromatic carbocycles. The molecule has 1 spiro atoms. The van der Waals surface area contributed by atoms with Crippen molar-refractivity contribution in [2.45, 2.75) is 5.41 Å². The number of para-hydroxylation sites is 3. The fourth-order valence-corrected chi connectivity index (χ4v) is 9.93. The van der Waals surface area contributed by atoms with Gasteiger partial charge in [0, 0.05) is 33.5 Å². The summed E-state index contributed by atoms with van der Waals surface area (Å²) >= 11 is 0. The van der Waals surface area contributed by atoms with Gasteiger partial charge < -0.3 is 9.47 Å². The Morgan fingerprint density at radius 2 is 0.873 bits per heavy atom. The van der Waals surface area contributed by atoms with Crippen LogP contribution in [0.2, 0.25) is 0 Å². The van der Waals surface area contributed by atoms with Crippen molar-refractivity contribution in [3.05, 3.63) is 229 Å². The lowest BCUT2D eigenvalue weighted by molar-refractivity contribution is 0.795. The molecular formula is C53H34N2. The Bertz CT molecular complexity index is 3160. The summed E-state index contributed by atoms with van der Waals surface area (Å²) in [7, 11) is 0. The molecule has 1 unspecified atom stereocenters. The molecule has 2 heteroatoms. The van der Waals surface area contributed by atoms with Gasteiger partial charge in [-0.3, -0.25) is 0 Å². The van der Waals surface area contributed by atoms with Crippen LogP contribution in [-0.2, 0) is 5.41 Å². The van der Waals surface area contributed by atoms with Gasteiger partial charge in [-0.05, 0) is 128 Å². The first-order chi connectivity index (χ1) is 27.3. The van der Waals surface area contributed by atoms with Crippen LogP contribution < -0.4 is 4.90 Å². The molecule has 0 saturated carbocycles. The molecule has 2 nitrogen and oxygen atoms in total. The van der Waals surface area contributed by atoms with E-state index in [1.807, 2.05) is 0 Å². The Kier molecular flexibility index (Phi) is 6.29. The van der Waals surface area contributed by atoms with E-state index in [0.717, 1.165) is 22.7 Å². The van der Waals surface area contributed by atoms with Crippen LogP contribution in [0, 0.1) is 0 Å². The van der Waals surface area contributed by atoms with Crippen molar-refractivity contribution in [2.24, 2.45) is 0 Å². The van der Waals surface area contributed by atoms with Crippen molar-refractivity contribution in [1.29, 1.82) is 0 Å². The molecule has 0 saturated heterocycles. The van der Waals surface area contributed by atoms with Crippen LogP contribution in [0.4, 0.5) is 17.1 Å². The zero-order chi connectivity index (χ0) is 36.1. The van der Waals surface area contributed by atoms with E-state index in [1.165, 1.54) is 77.1 Å². The summed E-state index contributed by atoms with van der Waals surface area (Å²) in [5.41, 5.74) is 17.1. The quantitative estimate of drug-likeness (QED) is 0.178. The molecular weight excluding hydrogens is 665 g/mol. The van der Waals surface area contributed by atoms with Crippen LogP contribution in [0.15, 0.2) is 206 Å². The highest BCUT2D eigenvalue weighted by Crippen LogP contribution is 2.63. The third kappa shape index (κ3) is 4.14. The molecule has 10 aromatic rings. The molecule has 0 aliphatic heterocycles. The van der Waals surface area contributed by atoms with Gasteiger partial charge in [0.25, 0.3) is 0 Å². The smallest absolute Gasteiger partial charge is 0.0726 e. The van der Waals surface area contributed by atoms with E-state index in [0.29, 0.717) is 0 Å². The highest BCUT2D eigenvalue weighted by atomic mass is 15.1. The van der Waals surface area contributed by atoms with Crippen molar-refractivity contribution in [3.63, 3.8) is 0 Å². The maximum atomic E-state index is 2.49. The minimum Gasteiger partial charge on any atom is -0.310 e. The second-order valence-corrected chi connectivity index (χ2v) is 14.9. The maximum Gasteiger partial charge on any atom is 0.0726 e. The Balaban J connectivity index is 1.13. The molecule has 0 amide bonds. The highest BCUT2D eigenvalue weighted by molar-refractivity contribution is 6.11. The Labute approximate surface area is 319 Å². The van der Waals surface area contributed by atoms with E-state index in [4.69, 9.17) is 0 Å². The summed E-state index contributed by atoms with van der Waals surface area (Å²) < 4.78 is 2.39. The average Bonchev–Trinajstić information content (AvgIpc) is 3.85. The summed E-state index contributed by atoms with van der Waals surface area (Å²) in [6.07, 6.45) is 0. The maximum absolute atomic E-state index is 2.49. The number of hydrogen-bond donors (Lipinski definition) is 0. The van der Waals surface area contributed by atoms with Gasteiger partial charge in [-0.25, -0.2) is 0 Å². The summed E-state index contributed by atoms with van der Waals surface area (Å²) in [6, 6.07) is 76.3. The lowest BCUT2D eigenvalue weighted by Crippen LogP contribution is -2.26. The number of aromatic nitrogens is 1. The average molecular weight is 699 g/mol. The highest BCUT2D eigenvalue weighted by Gasteiger charge is 2.52. The van der Waals surface area contributed by atoms with Crippen molar-refractivity contribution in [1.82, 2.24) is 4.57 Å². The van der Waals surface area contributed by atoms with Crippen molar-refractivity contribution in [3.8, 4) is 27.9 Å². The second-order valence-electron chi connectivity index (χ2n) is 14.9. The first kappa shape index (κ1) is 30.3. The summed E-state index contributed by atoms with van der Waals surface area (Å²) in [4.78, 5) is 2.44. The Morgan fingerprint density at radius 3 is 1.65 bits per heavy atom. The molecule has 55 heavy (non-hydrogen) atoms. The van der Waals surface area contributed by atoms with Gasteiger partial charge in [-0.1, -0.05) is 133 Å². The van der Waals surface area contributed by atoms with Gasteiger partial charge in [0.05, 0.1) is 16.4 Å². The third-order valence-corrected chi connectivity index (χ3v) is 12.1. The molecule has 2 aliphatic carbocycles. The van der Waals surface area contributed by atoms with Gasteiger partial charge in [0.15, 0.2) is 0 Å². The van der Waals surface area contributed by atoms with E-state index in [-0.39, 0.29) is 0 Å². The van der Waals surface area contributed by atoms with Crippen molar-refractivity contribution >= 4 is 49.6 Å². The molecule has 1 heterocycles. The van der Waals surface area contributed by atoms with E-state index >= 15 is 0 Å². The van der Waals surface area contributed by atoms with Gasteiger partial charge in [0.2, 0.25) is 0 Å². The van der Waals surface area contributed by atoms with E-state index < -0.39 is 5.41 Å². The predicted molar refractivity (Wildman–Crippen MR) is 229 cm³/mol. The van der Waals surface area contributed by atoms with Crippen molar-refractivity contribution < 1.29 is 0 Å². The van der Waals surface area contributed by atoms with Gasteiger partial charge in [-0.15, -0.1) is 0 Å². The topological polar surface area (TPSA) is 8.17 Å². The molecule has 0 radical (unpaired) electrons. The summed E-state index contributed by atoms with van der Waals surface area (Å²) in [5, 5.41) is 5.01. The van der Waals surface area contributed by atoms with E-state index in [9.17, 15) is 0 Å². The first-order valence-electron chi connectivity index (χ1n) is 19.1. The van der Waals surface area contributed by atoms with Crippen LogP contribution in [0.25, 0.3) is 60.5 Å². The van der Waals surface area contributed by atoms with Gasteiger partial charge >= 0.3 is 0 Å². The van der Waals surface area contributed by atoms with Gasteiger partial charge in [-0.2, -0.15) is 0 Å². The molecule has 12 rings (SSSR count).